The maximum absolute atomic E-state index is 12.5. The predicted molar refractivity (Wildman–Crippen MR) is 116 cm³/mol. The number of nitrogens with one attached hydrogen (secondary N) is 1. The minimum atomic E-state index is -0.749. The van der Waals surface area contributed by atoms with Gasteiger partial charge in [0.05, 0.1) is 17.2 Å². The number of hydrazone groups is 1. The molecule has 0 aliphatic carbocycles. The van der Waals surface area contributed by atoms with E-state index in [1.165, 1.54) is 10.9 Å². The first-order valence-corrected chi connectivity index (χ1v) is 9.99. The Morgan fingerprint density at radius 3 is 2.59 bits per heavy atom. The maximum Gasteiger partial charge on any atom is 0.320 e. The standard InChI is InChI=1S/C19H15Br2N5O3/c1-12(14-5-7-15(20)8-6-14)22-23-19(27)18-17(26(28)29)11-25(24-18)10-13-3-2-4-16(21)9-13/h2-9,11H,10H2,1H3,(H,23,27). The molecule has 0 radical (unpaired) electrons. The van der Waals surface area contributed by atoms with Crippen LogP contribution in [0.15, 0.2) is 68.8 Å². The second-order valence-corrected chi connectivity index (χ2v) is 7.92. The molecule has 10 heteroatoms. The van der Waals surface area contributed by atoms with Gasteiger partial charge in [0.15, 0.2) is 0 Å². The van der Waals surface area contributed by atoms with Crippen LogP contribution in [0.25, 0.3) is 0 Å². The fourth-order valence-corrected chi connectivity index (χ4v) is 3.26. The van der Waals surface area contributed by atoms with E-state index in [9.17, 15) is 14.9 Å². The molecular weight excluding hydrogens is 506 g/mol. The van der Waals surface area contributed by atoms with Gasteiger partial charge in [-0.25, -0.2) is 5.43 Å². The normalized spacial score (nSPS) is 11.3. The largest absolute Gasteiger partial charge is 0.320 e. The number of benzene rings is 2. The number of nitro groups is 1. The van der Waals surface area contributed by atoms with Gasteiger partial charge in [0.2, 0.25) is 5.69 Å². The molecule has 1 N–H and O–H groups in total. The third kappa shape index (κ3) is 5.36. The topological polar surface area (TPSA) is 102 Å². The first-order chi connectivity index (χ1) is 13.8. The summed E-state index contributed by atoms with van der Waals surface area (Å²) in [4.78, 5) is 23.2. The van der Waals surface area contributed by atoms with E-state index in [1.54, 1.807) is 6.92 Å². The molecule has 29 heavy (non-hydrogen) atoms. The van der Waals surface area contributed by atoms with Gasteiger partial charge in [-0.05, 0) is 42.3 Å². The molecule has 0 saturated carbocycles. The summed E-state index contributed by atoms with van der Waals surface area (Å²) < 4.78 is 3.16. The van der Waals surface area contributed by atoms with Crippen molar-refractivity contribution in [3.8, 4) is 0 Å². The molecule has 0 bridgehead atoms. The number of carbonyl (C=O) groups is 1. The molecule has 1 aromatic heterocycles. The van der Waals surface area contributed by atoms with Crippen molar-refractivity contribution in [2.45, 2.75) is 13.5 Å². The van der Waals surface area contributed by atoms with Crippen LogP contribution in [-0.2, 0) is 6.54 Å². The number of nitrogens with zero attached hydrogens (tertiary/aromatic N) is 4. The highest BCUT2D eigenvalue weighted by Crippen LogP contribution is 2.19. The lowest BCUT2D eigenvalue weighted by molar-refractivity contribution is -0.385. The fourth-order valence-electron chi connectivity index (χ4n) is 2.55. The molecule has 8 nitrogen and oxygen atoms in total. The van der Waals surface area contributed by atoms with Crippen LogP contribution in [0, 0.1) is 10.1 Å². The number of aromatic nitrogens is 2. The van der Waals surface area contributed by atoms with Crippen molar-refractivity contribution in [1.29, 1.82) is 0 Å². The average molecular weight is 521 g/mol. The van der Waals surface area contributed by atoms with Crippen molar-refractivity contribution in [2.24, 2.45) is 5.10 Å². The predicted octanol–water partition coefficient (Wildman–Crippen LogP) is 4.52. The molecule has 3 aromatic rings. The molecule has 0 unspecified atom stereocenters. The molecule has 2 aromatic carbocycles. The highest BCUT2D eigenvalue weighted by Gasteiger charge is 2.25. The number of amides is 1. The van der Waals surface area contributed by atoms with Crippen LogP contribution in [0.3, 0.4) is 0 Å². The van der Waals surface area contributed by atoms with E-state index in [4.69, 9.17) is 0 Å². The van der Waals surface area contributed by atoms with Crippen LogP contribution in [0.2, 0.25) is 0 Å². The van der Waals surface area contributed by atoms with Gasteiger partial charge in [-0.2, -0.15) is 10.2 Å². The molecule has 0 saturated heterocycles. The number of hydrogen-bond donors (Lipinski definition) is 1. The Kier molecular flexibility index (Phi) is 6.55. The monoisotopic (exact) mass is 519 g/mol. The van der Waals surface area contributed by atoms with Crippen molar-refractivity contribution >= 4 is 49.2 Å². The van der Waals surface area contributed by atoms with Gasteiger partial charge in [0, 0.05) is 8.95 Å². The molecule has 0 spiro atoms. The van der Waals surface area contributed by atoms with E-state index in [-0.39, 0.29) is 17.9 Å². The highest BCUT2D eigenvalue weighted by molar-refractivity contribution is 9.10. The SMILES string of the molecule is CC(=NNC(=O)c1nn(Cc2cccc(Br)c2)cc1[N+](=O)[O-])c1ccc(Br)cc1. The van der Waals surface area contributed by atoms with E-state index in [1.807, 2.05) is 48.5 Å². The van der Waals surface area contributed by atoms with E-state index >= 15 is 0 Å². The lowest BCUT2D eigenvalue weighted by atomic mass is 10.1. The second kappa shape index (κ2) is 9.10. The Labute approximate surface area is 183 Å². The molecular formula is C19H15Br2N5O3. The zero-order valence-corrected chi connectivity index (χ0v) is 18.3. The lowest BCUT2D eigenvalue weighted by Gasteiger charge is -2.03. The summed E-state index contributed by atoms with van der Waals surface area (Å²) in [5.74, 6) is -0.749. The van der Waals surface area contributed by atoms with Crippen molar-refractivity contribution in [3.05, 3.63) is 90.6 Å². The summed E-state index contributed by atoms with van der Waals surface area (Å²) in [6, 6.07) is 14.8. The summed E-state index contributed by atoms with van der Waals surface area (Å²) in [5, 5.41) is 19.5. The first kappa shape index (κ1) is 20.9. The Balaban J connectivity index is 1.80. The summed E-state index contributed by atoms with van der Waals surface area (Å²) >= 11 is 6.73. The number of halogens is 2. The molecule has 0 atom stereocenters. The lowest BCUT2D eigenvalue weighted by Crippen LogP contribution is -2.21. The minimum Gasteiger partial charge on any atom is -0.265 e. The van der Waals surface area contributed by atoms with E-state index < -0.39 is 10.8 Å². The van der Waals surface area contributed by atoms with Crippen molar-refractivity contribution in [2.75, 3.05) is 0 Å². The zero-order chi connectivity index (χ0) is 21.0. The molecule has 1 amide bonds. The van der Waals surface area contributed by atoms with Gasteiger partial charge in [-0.1, -0.05) is 56.1 Å². The Hall–Kier alpha value is -2.85. The maximum atomic E-state index is 12.5. The van der Waals surface area contributed by atoms with Crippen LogP contribution >= 0.6 is 31.9 Å². The Morgan fingerprint density at radius 2 is 1.93 bits per heavy atom. The van der Waals surface area contributed by atoms with Crippen LogP contribution < -0.4 is 5.43 Å². The first-order valence-electron chi connectivity index (χ1n) is 8.40. The van der Waals surface area contributed by atoms with Crippen LogP contribution in [0.1, 0.15) is 28.5 Å². The number of rotatable bonds is 6. The number of hydrogen-bond acceptors (Lipinski definition) is 5. The molecule has 1 heterocycles. The van der Waals surface area contributed by atoms with Crippen molar-refractivity contribution in [1.82, 2.24) is 15.2 Å². The summed E-state index contributed by atoms with van der Waals surface area (Å²) in [5.41, 5.74) is 3.92. The Bertz CT molecular complexity index is 1090. The zero-order valence-electron chi connectivity index (χ0n) is 15.2. The quantitative estimate of drug-likeness (QED) is 0.293. The summed E-state index contributed by atoms with van der Waals surface area (Å²) in [6.45, 7) is 2.01. The van der Waals surface area contributed by atoms with Crippen LogP contribution in [0.4, 0.5) is 5.69 Å². The molecule has 0 aliphatic heterocycles. The molecule has 148 valence electrons. The smallest absolute Gasteiger partial charge is 0.265 e. The molecule has 0 aliphatic rings. The number of carbonyl (C=O) groups excluding carboxylic acids is 1. The average Bonchev–Trinajstić information content (AvgIpc) is 3.10. The van der Waals surface area contributed by atoms with Gasteiger partial charge >= 0.3 is 5.69 Å². The van der Waals surface area contributed by atoms with E-state index in [2.05, 4.69) is 47.5 Å². The van der Waals surface area contributed by atoms with Crippen molar-refractivity contribution in [3.63, 3.8) is 0 Å². The van der Waals surface area contributed by atoms with Gasteiger partial charge < -0.3 is 0 Å². The van der Waals surface area contributed by atoms with Gasteiger partial charge in [0.25, 0.3) is 5.91 Å². The van der Waals surface area contributed by atoms with Crippen LogP contribution in [-0.4, -0.2) is 26.3 Å². The third-order valence-corrected chi connectivity index (χ3v) is 5.00. The Morgan fingerprint density at radius 1 is 1.21 bits per heavy atom. The van der Waals surface area contributed by atoms with E-state index in [0.717, 1.165) is 20.1 Å². The van der Waals surface area contributed by atoms with Crippen molar-refractivity contribution < 1.29 is 9.72 Å². The van der Waals surface area contributed by atoms with Gasteiger partial charge in [0.1, 0.15) is 6.20 Å². The molecule has 3 rings (SSSR count). The van der Waals surface area contributed by atoms with Gasteiger partial charge in [-0.15, -0.1) is 0 Å². The summed E-state index contributed by atoms with van der Waals surface area (Å²) in [7, 11) is 0. The summed E-state index contributed by atoms with van der Waals surface area (Å²) in [6.07, 6.45) is 1.24. The van der Waals surface area contributed by atoms with E-state index in [0.29, 0.717) is 5.71 Å². The third-order valence-electron chi connectivity index (χ3n) is 3.97. The second-order valence-electron chi connectivity index (χ2n) is 6.09. The minimum absolute atomic E-state index is 0.286. The van der Waals surface area contributed by atoms with Gasteiger partial charge in [-0.3, -0.25) is 19.6 Å². The highest BCUT2D eigenvalue weighted by atomic mass is 79.9. The fraction of sp³-hybridized carbons (Fsp3) is 0.105. The van der Waals surface area contributed by atoms with Crippen LogP contribution in [0.5, 0.6) is 0 Å². The molecule has 0 fully saturated rings.